The molecule has 0 spiro atoms. The van der Waals surface area contributed by atoms with Crippen LogP contribution in [0, 0.1) is 17.7 Å². The maximum Gasteiger partial charge on any atom is 0.176 e. The van der Waals surface area contributed by atoms with Gasteiger partial charge in [-0.05, 0) is 19.1 Å². The molecule has 0 aliphatic heterocycles. The average molecular weight is 211 g/mol. The molecule has 0 aliphatic carbocycles. The van der Waals surface area contributed by atoms with Crippen molar-refractivity contribution >= 4 is 17.4 Å². The molecule has 0 unspecified atom stereocenters. The molecule has 72 valence electrons. The minimum absolute atomic E-state index is 0.0691. The van der Waals surface area contributed by atoms with Crippen molar-refractivity contribution in [2.45, 2.75) is 13.3 Å². The van der Waals surface area contributed by atoms with Crippen molar-refractivity contribution in [2.24, 2.45) is 0 Å². The topological polar surface area (TPSA) is 17.1 Å². The van der Waals surface area contributed by atoms with Crippen molar-refractivity contribution in [2.75, 3.05) is 0 Å². The first-order chi connectivity index (χ1) is 6.66. The summed E-state index contributed by atoms with van der Waals surface area (Å²) in [4.78, 5) is 11.4. The SMILES string of the molecule is CC#CCC(=O)c1cccc(F)c1Cl. The zero-order chi connectivity index (χ0) is 10.6. The van der Waals surface area contributed by atoms with Gasteiger partial charge in [0.15, 0.2) is 5.78 Å². The lowest BCUT2D eigenvalue weighted by Crippen LogP contribution is -1.99. The molecule has 0 saturated carbocycles. The highest BCUT2D eigenvalue weighted by Crippen LogP contribution is 2.20. The summed E-state index contributed by atoms with van der Waals surface area (Å²) in [5, 5.41) is -0.129. The van der Waals surface area contributed by atoms with Gasteiger partial charge in [-0.1, -0.05) is 23.6 Å². The van der Waals surface area contributed by atoms with Crippen molar-refractivity contribution < 1.29 is 9.18 Å². The fourth-order valence-electron chi connectivity index (χ4n) is 0.983. The van der Waals surface area contributed by atoms with E-state index in [0.717, 1.165) is 0 Å². The Morgan fingerprint density at radius 1 is 1.57 bits per heavy atom. The van der Waals surface area contributed by atoms with E-state index in [4.69, 9.17) is 11.6 Å². The quantitative estimate of drug-likeness (QED) is 0.542. The second-order valence-electron chi connectivity index (χ2n) is 2.63. The maximum atomic E-state index is 12.9. The number of Topliss-reactive ketones (excluding diaryl/α,β-unsaturated/α-hetero) is 1. The molecule has 0 amide bonds. The van der Waals surface area contributed by atoms with Crippen LogP contribution in [0.3, 0.4) is 0 Å². The molecule has 1 nitrogen and oxygen atoms in total. The third kappa shape index (κ3) is 2.34. The first-order valence-electron chi connectivity index (χ1n) is 4.03. The Morgan fingerprint density at radius 2 is 2.29 bits per heavy atom. The normalized spacial score (nSPS) is 9.07. The average Bonchev–Trinajstić information content (AvgIpc) is 2.18. The van der Waals surface area contributed by atoms with Crippen LogP contribution in [0.5, 0.6) is 0 Å². The number of carbonyl (C=O) groups is 1. The van der Waals surface area contributed by atoms with Crippen LogP contribution in [0.25, 0.3) is 0 Å². The Morgan fingerprint density at radius 3 is 2.93 bits per heavy atom. The molecule has 1 aromatic rings. The summed E-state index contributed by atoms with van der Waals surface area (Å²) >= 11 is 5.62. The second-order valence-corrected chi connectivity index (χ2v) is 3.01. The van der Waals surface area contributed by atoms with E-state index in [1.807, 2.05) is 0 Å². The van der Waals surface area contributed by atoms with Crippen molar-refractivity contribution in [3.63, 3.8) is 0 Å². The van der Waals surface area contributed by atoms with Gasteiger partial charge in [0.1, 0.15) is 5.82 Å². The van der Waals surface area contributed by atoms with Crippen LogP contribution in [0.4, 0.5) is 4.39 Å². The van der Waals surface area contributed by atoms with Crippen LogP contribution < -0.4 is 0 Å². The molecule has 0 N–H and O–H groups in total. The van der Waals surface area contributed by atoms with Crippen molar-refractivity contribution in [1.82, 2.24) is 0 Å². The smallest absolute Gasteiger partial charge is 0.176 e. The first-order valence-corrected chi connectivity index (χ1v) is 4.41. The van der Waals surface area contributed by atoms with E-state index in [1.54, 1.807) is 6.92 Å². The zero-order valence-corrected chi connectivity index (χ0v) is 8.36. The monoisotopic (exact) mass is 210 g/mol. The Hall–Kier alpha value is -1.33. The largest absolute Gasteiger partial charge is 0.293 e. The first kappa shape index (κ1) is 10.7. The molecule has 0 aliphatic rings. The summed E-state index contributed by atoms with van der Waals surface area (Å²) in [5.41, 5.74) is 0.189. The molecular weight excluding hydrogens is 203 g/mol. The number of rotatable bonds is 2. The summed E-state index contributed by atoms with van der Waals surface area (Å²) in [7, 11) is 0. The predicted molar refractivity (Wildman–Crippen MR) is 53.8 cm³/mol. The summed E-state index contributed by atoms with van der Waals surface area (Å²) in [6, 6.07) is 4.16. The zero-order valence-electron chi connectivity index (χ0n) is 7.60. The predicted octanol–water partition coefficient (Wildman–Crippen LogP) is 3.08. The van der Waals surface area contributed by atoms with Crippen molar-refractivity contribution in [1.29, 1.82) is 0 Å². The highest BCUT2D eigenvalue weighted by atomic mass is 35.5. The molecule has 0 bridgehead atoms. The van der Waals surface area contributed by atoms with Gasteiger partial charge >= 0.3 is 0 Å². The molecule has 0 atom stereocenters. The van der Waals surface area contributed by atoms with Gasteiger partial charge in [-0.3, -0.25) is 4.79 Å². The number of halogens is 2. The molecule has 0 aromatic heterocycles. The maximum absolute atomic E-state index is 12.9. The van der Waals surface area contributed by atoms with Crippen molar-refractivity contribution in [3.05, 3.63) is 34.6 Å². The minimum atomic E-state index is -0.582. The van der Waals surface area contributed by atoms with Crippen LogP contribution in [0.15, 0.2) is 18.2 Å². The fraction of sp³-hybridized carbons (Fsp3) is 0.182. The molecule has 14 heavy (non-hydrogen) atoms. The molecule has 0 radical (unpaired) electrons. The molecule has 0 heterocycles. The van der Waals surface area contributed by atoms with Gasteiger partial charge in [-0.15, -0.1) is 5.92 Å². The van der Waals surface area contributed by atoms with Crippen LogP contribution in [0.1, 0.15) is 23.7 Å². The van der Waals surface area contributed by atoms with Gasteiger partial charge in [-0.25, -0.2) is 4.39 Å². The third-order valence-electron chi connectivity index (χ3n) is 1.68. The Bertz CT molecular complexity index is 415. The van der Waals surface area contributed by atoms with Gasteiger partial charge < -0.3 is 0 Å². The third-order valence-corrected chi connectivity index (χ3v) is 2.06. The number of carbonyl (C=O) groups excluding carboxylic acids is 1. The highest BCUT2D eigenvalue weighted by Gasteiger charge is 2.11. The molecule has 1 rings (SSSR count). The molecule has 1 aromatic carbocycles. The summed E-state index contributed by atoms with van der Waals surface area (Å²) < 4.78 is 12.9. The van der Waals surface area contributed by atoms with Crippen LogP contribution in [-0.4, -0.2) is 5.78 Å². The number of hydrogen-bond donors (Lipinski definition) is 0. The van der Waals surface area contributed by atoms with E-state index in [1.165, 1.54) is 18.2 Å². The van der Waals surface area contributed by atoms with E-state index >= 15 is 0 Å². The number of hydrogen-bond acceptors (Lipinski definition) is 1. The van der Waals surface area contributed by atoms with Gasteiger partial charge in [-0.2, -0.15) is 0 Å². The van der Waals surface area contributed by atoms with Gasteiger partial charge in [0.2, 0.25) is 0 Å². The van der Waals surface area contributed by atoms with Crippen molar-refractivity contribution in [3.8, 4) is 11.8 Å². The summed E-state index contributed by atoms with van der Waals surface area (Å²) in [5.74, 6) is 4.37. The highest BCUT2D eigenvalue weighted by molar-refractivity contribution is 6.34. The Labute approximate surface area is 86.9 Å². The number of ketones is 1. The number of benzene rings is 1. The van der Waals surface area contributed by atoms with Crippen LogP contribution in [-0.2, 0) is 0 Å². The van der Waals surface area contributed by atoms with E-state index in [2.05, 4.69) is 11.8 Å². The minimum Gasteiger partial charge on any atom is -0.293 e. The standard InChI is InChI=1S/C11H8ClFO/c1-2-3-7-10(14)8-5-4-6-9(13)11(8)12/h4-6H,7H2,1H3. The fourth-order valence-corrected chi connectivity index (χ4v) is 1.21. The lowest BCUT2D eigenvalue weighted by atomic mass is 10.1. The second kappa shape index (κ2) is 4.78. The van der Waals surface area contributed by atoms with Gasteiger partial charge in [0, 0.05) is 5.56 Å². The lowest BCUT2D eigenvalue weighted by Gasteiger charge is -2.00. The summed E-state index contributed by atoms with van der Waals surface area (Å²) in [6.07, 6.45) is 0.0691. The molecule has 3 heteroatoms. The Balaban J connectivity index is 2.99. The lowest BCUT2D eigenvalue weighted by molar-refractivity contribution is 0.0998. The van der Waals surface area contributed by atoms with Crippen LogP contribution >= 0.6 is 11.6 Å². The van der Waals surface area contributed by atoms with E-state index in [-0.39, 0.29) is 22.8 Å². The molecule has 0 saturated heterocycles. The van der Waals surface area contributed by atoms with E-state index in [9.17, 15) is 9.18 Å². The van der Waals surface area contributed by atoms with E-state index < -0.39 is 5.82 Å². The van der Waals surface area contributed by atoms with E-state index in [0.29, 0.717) is 0 Å². The van der Waals surface area contributed by atoms with Gasteiger partial charge in [0.05, 0.1) is 11.4 Å². The summed E-state index contributed by atoms with van der Waals surface area (Å²) in [6.45, 7) is 1.64. The molecule has 0 fully saturated rings. The van der Waals surface area contributed by atoms with Gasteiger partial charge in [0.25, 0.3) is 0 Å². The van der Waals surface area contributed by atoms with Crippen LogP contribution in [0.2, 0.25) is 5.02 Å². The Kier molecular flexibility index (Phi) is 3.67. The molecular formula is C11H8ClFO.